The highest BCUT2D eigenvalue weighted by Gasteiger charge is 2.47. The number of fused-ring (bicyclic) bond motifs is 7. The topological polar surface area (TPSA) is 54.0 Å². The van der Waals surface area contributed by atoms with Crippen LogP contribution in [0, 0.1) is 0 Å². The Labute approximate surface area is 223 Å². The van der Waals surface area contributed by atoms with E-state index in [4.69, 9.17) is 18.9 Å². The van der Waals surface area contributed by atoms with Crippen LogP contribution < -0.4 is 18.9 Å². The van der Waals surface area contributed by atoms with E-state index in [2.05, 4.69) is 24.3 Å². The number of rotatable bonds is 7. The number of carbonyl (C=O) groups excluding carboxylic acids is 1. The number of hydrogen-bond acceptors (Lipinski definition) is 5. The van der Waals surface area contributed by atoms with E-state index in [0.29, 0.717) is 29.8 Å². The molecule has 2 heterocycles. The quantitative estimate of drug-likeness (QED) is 0.174. The number of Topliss-reactive ketones (excluding diaryl/α,β-unsaturated/α-hetero) is 1. The third-order valence-electron chi connectivity index (χ3n) is 8.73. The number of carbonyl (C=O) groups is 1. The molecule has 0 bridgehead atoms. The van der Waals surface area contributed by atoms with Gasteiger partial charge in [0.15, 0.2) is 23.0 Å². The highest BCUT2D eigenvalue weighted by Crippen LogP contribution is 2.48. The number of ether oxygens (including phenoxy) is 4. The number of methoxy groups -OCH3 is 4. The maximum Gasteiger partial charge on any atom is 0.216 e. The van der Waals surface area contributed by atoms with Gasteiger partial charge >= 0.3 is 0 Å². The number of nitrogens with zero attached hydrogens (tertiary/aromatic N) is 1. The van der Waals surface area contributed by atoms with Gasteiger partial charge in [-0.25, -0.2) is 0 Å². The molecule has 6 nitrogen and oxygen atoms in total. The van der Waals surface area contributed by atoms with Crippen molar-refractivity contribution >= 4 is 27.3 Å². The van der Waals surface area contributed by atoms with Crippen LogP contribution in [0.4, 0.5) is 0 Å². The van der Waals surface area contributed by atoms with E-state index in [9.17, 15) is 4.79 Å². The van der Waals surface area contributed by atoms with Gasteiger partial charge in [0.05, 0.1) is 41.0 Å². The molecule has 196 valence electrons. The first-order valence-electron chi connectivity index (χ1n) is 13.2. The standard InChI is InChI=1S/C32H34NO5/c1-35-29-14-23-22-13-21-11-8-12-33(21,19-28(34)20-9-6-5-7-10-20)18-27(22)26-17-32(38-4)31(37-3)16-25(26)24(23)15-30(29)36-2/h5-7,9-10,14-17,21H,8,11-13,18-19H2,1-4H3/q+1/t21-,33+/m0/s1. The predicted octanol–water partition coefficient (Wildman–Crippen LogP) is 5.95. The Morgan fingerprint density at radius 3 is 1.84 bits per heavy atom. The summed E-state index contributed by atoms with van der Waals surface area (Å²) in [4.78, 5) is 13.5. The van der Waals surface area contributed by atoms with Crippen LogP contribution in [-0.4, -0.2) is 57.8 Å². The Morgan fingerprint density at radius 1 is 0.763 bits per heavy atom. The van der Waals surface area contributed by atoms with E-state index in [1.54, 1.807) is 28.4 Å². The SMILES string of the molecule is COc1cc2c3c(c4cc(OC)c(OC)cc4c2cc1OC)C[N@@+]1(CC(=O)c2ccccc2)CCC[C@H]1C3. The minimum Gasteiger partial charge on any atom is -0.493 e. The van der Waals surface area contributed by atoms with Crippen LogP contribution in [-0.2, 0) is 13.0 Å². The molecular formula is C32H34NO5+. The first kappa shape index (κ1) is 24.6. The molecule has 4 aromatic carbocycles. The van der Waals surface area contributed by atoms with Gasteiger partial charge in [-0.05, 0) is 51.4 Å². The number of hydrogen-bond donors (Lipinski definition) is 0. The summed E-state index contributed by atoms with van der Waals surface area (Å²) in [5.41, 5.74) is 3.43. The lowest BCUT2D eigenvalue weighted by Crippen LogP contribution is -2.56. The number of quaternary nitrogens is 1. The minimum absolute atomic E-state index is 0.219. The van der Waals surface area contributed by atoms with Gasteiger partial charge in [0.1, 0.15) is 13.1 Å². The van der Waals surface area contributed by atoms with Gasteiger partial charge in [-0.3, -0.25) is 4.79 Å². The van der Waals surface area contributed by atoms with Crippen LogP contribution in [0.2, 0.25) is 0 Å². The number of ketones is 1. The zero-order valence-corrected chi connectivity index (χ0v) is 22.5. The molecule has 2 aliphatic heterocycles. The highest BCUT2D eigenvalue weighted by atomic mass is 16.5. The molecule has 1 saturated heterocycles. The van der Waals surface area contributed by atoms with Crippen molar-refractivity contribution in [3.63, 3.8) is 0 Å². The molecule has 6 heteroatoms. The lowest BCUT2D eigenvalue weighted by Gasteiger charge is -2.44. The Kier molecular flexibility index (Phi) is 6.15. The molecule has 4 aromatic rings. The summed E-state index contributed by atoms with van der Waals surface area (Å²) in [6, 6.07) is 18.5. The minimum atomic E-state index is 0.219. The van der Waals surface area contributed by atoms with Crippen molar-refractivity contribution in [3.8, 4) is 23.0 Å². The van der Waals surface area contributed by atoms with E-state index in [1.807, 2.05) is 30.3 Å². The molecule has 0 aromatic heterocycles. The molecule has 2 atom stereocenters. The normalized spacial score (nSPS) is 20.2. The summed E-state index contributed by atoms with van der Waals surface area (Å²) in [6.45, 7) is 2.35. The van der Waals surface area contributed by atoms with Crippen LogP contribution in [0.1, 0.15) is 34.3 Å². The van der Waals surface area contributed by atoms with E-state index >= 15 is 0 Å². The van der Waals surface area contributed by atoms with Crippen molar-refractivity contribution in [2.45, 2.75) is 31.8 Å². The molecule has 38 heavy (non-hydrogen) atoms. The molecule has 2 aliphatic rings. The van der Waals surface area contributed by atoms with Crippen molar-refractivity contribution < 1.29 is 28.2 Å². The monoisotopic (exact) mass is 512 g/mol. The van der Waals surface area contributed by atoms with Crippen LogP contribution in [0.5, 0.6) is 23.0 Å². The van der Waals surface area contributed by atoms with Gasteiger partial charge < -0.3 is 23.4 Å². The highest BCUT2D eigenvalue weighted by molar-refractivity contribution is 6.13. The molecule has 0 unspecified atom stereocenters. The van der Waals surface area contributed by atoms with Crippen LogP contribution in [0.3, 0.4) is 0 Å². The van der Waals surface area contributed by atoms with Crippen molar-refractivity contribution in [1.82, 2.24) is 0 Å². The van der Waals surface area contributed by atoms with Crippen LogP contribution in [0.15, 0.2) is 54.6 Å². The van der Waals surface area contributed by atoms with Gasteiger partial charge in [0.25, 0.3) is 0 Å². The molecule has 0 aliphatic carbocycles. The summed E-state index contributed by atoms with van der Waals surface area (Å²) < 4.78 is 23.6. The van der Waals surface area contributed by atoms with Gasteiger partial charge in [0.2, 0.25) is 5.78 Å². The summed E-state index contributed by atoms with van der Waals surface area (Å²) in [5, 5.41) is 4.52. The van der Waals surface area contributed by atoms with Crippen LogP contribution >= 0.6 is 0 Å². The van der Waals surface area contributed by atoms with Crippen molar-refractivity contribution in [2.75, 3.05) is 41.5 Å². The Balaban J connectivity index is 1.59. The smallest absolute Gasteiger partial charge is 0.216 e. The lowest BCUT2D eigenvalue weighted by molar-refractivity contribution is -0.946. The molecule has 0 radical (unpaired) electrons. The average molecular weight is 513 g/mol. The Bertz CT molecular complexity index is 1550. The number of benzene rings is 4. The second-order valence-corrected chi connectivity index (χ2v) is 10.5. The predicted molar refractivity (Wildman–Crippen MR) is 149 cm³/mol. The first-order valence-corrected chi connectivity index (χ1v) is 13.2. The Hall–Kier alpha value is -3.77. The van der Waals surface area contributed by atoms with E-state index in [0.717, 1.165) is 64.3 Å². The fourth-order valence-corrected chi connectivity index (χ4v) is 6.86. The first-order chi connectivity index (χ1) is 18.5. The average Bonchev–Trinajstić information content (AvgIpc) is 3.37. The lowest BCUT2D eigenvalue weighted by atomic mass is 9.83. The van der Waals surface area contributed by atoms with Gasteiger partial charge in [-0.2, -0.15) is 0 Å². The van der Waals surface area contributed by atoms with Crippen molar-refractivity contribution in [3.05, 3.63) is 71.3 Å². The largest absolute Gasteiger partial charge is 0.493 e. The molecule has 6 rings (SSSR count). The Morgan fingerprint density at radius 2 is 1.29 bits per heavy atom. The van der Waals surface area contributed by atoms with E-state index in [-0.39, 0.29) is 5.78 Å². The fourth-order valence-electron chi connectivity index (χ4n) is 6.86. The molecule has 0 spiro atoms. The summed E-state index contributed by atoms with van der Waals surface area (Å²) in [5.74, 6) is 3.04. The second kappa shape index (κ2) is 9.52. The zero-order chi connectivity index (χ0) is 26.4. The maximum atomic E-state index is 13.5. The molecule has 0 N–H and O–H groups in total. The molecule has 0 amide bonds. The van der Waals surface area contributed by atoms with Gasteiger partial charge in [-0.1, -0.05) is 30.3 Å². The molecule has 1 fully saturated rings. The summed E-state index contributed by atoms with van der Waals surface area (Å²) in [7, 11) is 6.69. The van der Waals surface area contributed by atoms with Gasteiger partial charge in [-0.15, -0.1) is 0 Å². The fraction of sp³-hybridized carbons (Fsp3) is 0.344. The van der Waals surface area contributed by atoms with Crippen molar-refractivity contribution in [2.24, 2.45) is 0 Å². The van der Waals surface area contributed by atoms with E-state index < -0.39 is 0 Å². The summed E-state index contributed by atoms with van der Waals surface area (Å²) >= 11 is 0. The zero-order valence-electron chi connectivity index (χ0n) is 22.5. The van der Waals surface area contributed by atoms with Crippen molar-refractivity contribution in [1.29, 1.82) is 0 Å². The van der Waals surface area contributed by atoms with Crippen LogP contribution in [0.25, 0.3) is 21.5 Å². The summed E-state index contributed by atoms with van der Waals surface area (Å²) in [6.07, 6.45) is 3.18. The molecule has 0 saturated carbocycles. The third kappa shape index (κ3) is 3.78. The maximum absolute atomic E-state index is 13.5. The molecular weight excluding hydrogens is 478 g/mol. The van der Waals surface area contributed by atoms with E-state index in [1.165, 1.54) is 16.5 Å². The van der Waals surface area contributed by atoms with Gasteiger partial charge in [0, 0.05) is 30.4 Å². The second-order valence-electron chi connectivity index (χ2n) is 10.5. The third-order valence-corrected chi connectivity index (χ3v) is 8.73.